The van der Waals surface area contributed by atoms with Crippen LogP contribution in [0.2, 0.25) is 0 Å². The summed E-state index contributed by atoms with van der Waals surface area (Å²) in [5.41, 5.74) is 8.23. The van der Waals surface area contributed by atoms with E-state index in [9.17, 15) is 0 Å². The average molecular weight is 184 g/mol. The first-order valence-corrected chi connectivity index (χ1v) is 4.95. The van der Waals surface area contributed by atoms with Gasteiger partial charge in [-0.05, 0) is 24.1 Å². The second-order valence-corrected chi connectivity index (χ2v) is 3.96. The van der Waals surface area contributed by atoms with Gasteiger partial charge in [-0.25, -0.2) is 0 Å². The van der Waals surface area contributed by atoms with Crippen molar-refractivity contribution in [1.29, 1.82) is 0 Å². The number of nitrogens with zero attached hydrogens (tertiary/aromatic N) is 1. The van der Waals surface area contributed by atoms with E-state index in [1.165, 1.54) is 10.9 Å². The zero-order chi connectivity index (χ0) is 9.54. The Morgan fingerprint density at radius 3 is 2.93 bits per heavy atom. The minimum absolute atomic E-state index is 0.371. The number of aromatic nitrogens is 1. The standard InChI is InChI=1S/C12H12N2/c13-11-7-10(11)9-4-3-8-2-1-5-14-12(8)6-9/h1-6,10-11H,7,13H2. The van der Waals surface area contributed by atoms with Crippen molar-refractivity contribution in [2.75, 3.05) is 0 Å². The van der Waals surface area contributed by atoms with Crippen LogP contribution < -0.4 is 5.73 Å². The van der Waals surface area contributed by atoms with Crippen molar-refractivity contribution >= 4 is 10.9 Å². The van der Waals surface area contributed by atoms with Crippen molar-refractivity contribution in [3.8, 4) is 0 Å². The third-order valence-corrected chi connectivity index (χ3v) is 2.90. The predicted octanol–water partition coefficient (Wildman–Crippen LogP) is 2.05. The molecule has 0 radical (unpaired) electrons. The quantitative estimate of drug-likeness (QED) is 0.736. The van der Waals surface area contributed by atoms with Crippen molar-refractivity contribution < 1.29 is 0 Å². The lowest BCUT2D eigenvalue weighted by Gasteiger charge is -2.00. The van der Waals surface area contributed by atoms with Gasteiger partial charge in [-0.3, -0.25) is 4.98 Å². The van der Waals surface area contributed by atoms with E-state index in [1.807, 2.05) is 12.3 Å². The Morgan fingerprint density at radius 1 is 1.29 bits per heavy atom. The molecule has 1 aromatic carbocycles. The molecule has 70 valence electrons. The van der Waals surface area contributed by atoms with Crippen molar-refractivity contribution in [1.82, 2.24) is 4.98 Å². The highest BCUT2D eigenvalue weighted by atomic mass is 14.7. The molecule has 2 unspecified atom stereocenters. The first-order valence-electron chi connectivity index (χ1n) is 4.95. The maximum atomic E-state index is 5.82. The third kappa shape index (κ3) is 1.19. The molecular formula is C12H12N2. The van der Waals surface area contributed by atoms with Crippen LogP contribution in [-0.2, 0) is 0 Å². The van der Waals surface area contributed by atoms with Crippen LogP contribution in [0, 0.1) is 0 Å². The zero-order valence-corrected chi connectivity index (χ0v) is 7.85. The molecule has 2 aromatic rings. The summed E-state index contributed by atoms with van der Waals surface area (Å²) in [5, 5.41) is 1.20. The van der Waals surface area contributed by atoms with Gasteiger partial charge < -0.3 is 5.73 Å². The van der Waals surface area contributed by atoms with Gasteiger partial charge in [0.05, 0.1) is 5.52 Å². The molecule has 0 bridgehead atoms. The smallest absolute Gasteiger partial charge is 0.0704 e. The summed E-state index contributed by atoms with van der Waals surface area (Å²) < 4.78 is 0. The Balaban J connectivity index is 2.11. The topological polar surface area (TPSA) is 38.9 Å². The summed E-state index contributed by atoms with van der Waals surface area (Å²) >= 11 is 0. The highest BCUT2D eigenvalue weighted by Crippen LogP contribution is 2.39. The molecule has 0 aliphatic heterocycles. The fraction of sp³-hybridized carbons (Fsp3) is 0.250. The third-order valence-electron chi connectivity index (χ3n) is 2.90. The van der Waals surface area contributed by atoms with Gasteiger partial charge in [-0.2, -0.15) is 0 Å². The highest BCUT2D eigenvalue weighted by Gasteiger charge is 2.34. The number of nitrogens with two attached hydrogens (primary N) is 1. The number of rotatable bonds is 1. The molecule has 0 amide bonds. The summed E-state index contributed by atoms with van der Waals surface area (Å²) in [6.45, 7) is 0. The van der Waals surface area contributed by atoms with Gasteiger partial charge in [0.1, 0.15) is 0 Å². The first-order chi connectivity index (χ1) is 6.84. The fourth-order valence-electron chi connectivity index (χ4n) is 1.91. The minimum Gasteiger partial charge on any atom is -0.327 e. The summed E-state index contributed by atoms with van der Waals surface area (Å²) in [7, 11) is 0. The molecule has 1 fully saturated rings. The molecule has 14 heavy (non-hydrogen) atoms. The van der Waals surface area contributed by atoms with Crippen LogP contribution in [0.15, 0.2) is 36.5 Å². The molecule has 0 saturated heterocycles. The van der Waals surface area contributed by atoms with Crippen molar-refractivity contribution in [3.63, 3.8) is 0 Å². The van der Waals surface area contributed by atoms with Crippen molar-refractivity contribution in [2.24, 2.45) is 5.73 Å². The lowest BCUT2D eigenvalue weighted by molar-refractivity contribution is 0.992. The Labute approximate surface area is 82.8 Å². The summed E-state index contributed by atoms with van der Waals surface area (Å²) in [5.74, 6) is 0.571. The van der Waals surface area contributed by atoms with Crippen LogP contribution >= 0.6 is 0 Å². The number of fused-ring (bicyclic) bond motifs is 1. The predicted molar refractivity (Wildman–Crippen MR) is 57.1 cm³/mol. The molecular weight excluding hydrogens is 172 g/mol. The number of benzene rings is 1. The first kappa shape index (κ1) is 7.94. The van der Waals surface area contributed by atoms with E-state index in [1.54, 1.807) is 0 Å². The van der Waals surface area contributed by atoms with Crippen LogP contribution in [0.5, 0.6) is 0 Å². The molecule has 1 aliphatic carbocycles. The molecule has 2 atom stereocenters. The van der Waals surface area contributed by atoms with Gasteiger partial charge in [-0.15, -0.1) is 0 Å². The molecule has 1 heterocycles. The Morgan fingerprint density at radius 2 is 2.14 bits per heavy atom. The van der Waals surface area contributed by atoms with Gasteiger partial charge in [-0.1, -0.05) is 18.2 Å². The van der Waals surface area contributed by atoms with Crippen molar-refractivity contribution in [2.45, 2.75) is 18.4 Å². The lowest BCUT2D eigenvalue weighted by atomic mass is 10.1. The second-order valence-electron chi connectivity index (χ2n) is 3.96. The van der Waals surface area contributed by atoms with E-state index in [4.69, 9.17) is 5.73 Å². The molecule has 3 rings (SSSR count). The number of pyridine rings is 1. The average Bonchev–Trinajstić information content (AvgIpc) is 2.95. The maximum absolute atomic E-state index is 5.82. The fourth-order valence-corrected chi connectivity index (χ4v) is 1.91. The second kappa shape index (κ2) is 2.79. The van der Waals surface area contributed by atoms with Gasteiger partial charge in [0.2, 0.25) is 0 Å². The van der Waals surface area contributed by atoms with Crippen LogP contribution in [0.1, 0.15) is 17.9 Å². The molecule has 1 aliphatic rings. The van der Waals surface area contributed by atoms with E-state index in [0.717, 1.165) is 11.9 Å². The molecule has 1 aromatic heterocycles. The minimum atomic E-state index is 0.371. The van der Waals surface area contributed by atoms with E-state index >= 15 is 0 Å². The van der Waals surface area contributed by atoms with E-state index in [0.29, 0.717) is 12.0 Å². The number of hydrogen-bond acceptors (Lipinski definition) is 2. The van der Waals surface area contributed by atoms with Crippen LogP contribution in [-0.4, -0.2) is 11.0 Å². The summed E-state index contributed by atoms with van der Waals surface area (Å²) in [6.07, 6.45) is 2.96. The largest absolute Gasteiger partial charge is 0.327 e. The normalized spacial score (nSPS) is 25.2. The van der Waals surface area contributed by atoms with Gasteiger partial charge in [0, 0.05) is 23.5 Å². The highest BCUT2D eigenvalue weighted by molar-refractivity contribution is 5.79. The molecule has 1 saturated carbocycles. The molecule has 2 nitrogen and oxygen atoms in total. The lowest BCUT2D eigenvalue weighted by Crippen LogP contribution is -2.00. The molecule has 0 spiro atoms. The van der Waals surface area contributed by atoms with Crippen LogP contribution in [0.4, 0.5) is 0 Å². The van der Waals surface area contributed by atoms with Crippen molar-refractivity contribution in [3.05, 3.63) is 42.1 Å². The Kier molecular flexibility index (Phi) is 1.58. The van der Waals surface area contributed by atoms with E-state index in [-0.39, 0.29) is 0 Å². The zero-order valence-electron chi connectivity index (χ0n) is 7.85. The van der Waals surface area contributed by atoms with Gasteiger partial charge in [0.15, 0.2) is 0 Å². The van der Waals surface area contributed by atoms with Crippen LogP contribution in [0.3, 0.4) is 0 Å². The Hall–Kier alpha value is -1.41. The van der Waals surface area contributed by atoms with E-state index < -0.39 is 0 Å². The number of hydrogen-bond donors (Lipinski definition) is 1. The monoisotopic (exact) mass is 184 g/mol. The maximum Gasteiger partial charge on any atom is 0.0704 e. The summed E-state index contributed by atoms with van der Waals surface area (Å²) in [4.78, 5) is 4.34. The van der Waals surface area contributed by atoms with Gasteiger partial charge >= 0.3 is 0 Å². The summed E-state index contributed by atoms with van der Waals surface area (Å²) in [6, 6.07) is 10.9. The Bertz CT molecular complexity index is 478. The molecule has 2 heteroatoms. The van der Waals surface area contributed by atoms with Gasteiger partial charge in [0.25, 0.3) is 0 Å². The van der Waals surface area contributed by atoms with E-state index in [2.05, 4.69) is 29.2 Å². The van der Waals surface area contributed by atoms with Crippen LogP contribution in [0.25, 0.3) is 10.9 Å². The SMILES string of the molecule is NC1CC1c1ccc2cccnc2c1. The molecule has 2 N–H and O–H groups in total.